The third-order valence-electron chi connectivity index (χ3n) is 4.68. The topological polar surface area (TPSA) is 94.7 Å². The van der Waals surface area contributed by atoms with Gasteiger partial charge in [-0.25, -0.2) is 0 Å². The quantitative estimate of drug-likeness (QED) is 0.723. The first kappa shape index (κ1) is 17.2. The summed E-state index contributed by atoms with van der Waals surface area (Å²) in [4.78, 5) is 15.7. The molecule has 27 heavy (non-hydrogen) atoms. The number of anilines is 3. The number of nitrogens with zero attached hydrogens (tertiary/aromatic N) is 2. The molecule has 2 heterocycles. The van der Waals surface area contributed by atoms with Crippen LogP contribution in [0, 0.1) is 0 Å². The van der Waals surface area contributed by atoms with Gasteiger partial charge in [0.1, 0.15) is 11.4 Å². The van der Waals surface area contributed by atoms with E-state index in [4.69, 9.17) is 4.74 Å². The molecule has 8 nitrogen and oxygen atoms in total. The number of carbonyl (C=O) groups excluding carboxylic acids is 1. The van der Waals surface area contributed by atoms with Crippen molar-refractivity contribution in [2.75, 3.05) is 35.1 Å². The van der Waals surface area contributed by atoms with Gasteiger partial charge in [-0.15, -0.1) is 0 Å². The van der Waals surface area contributed by atoms with Crippen LogP contribution >= 0.6 is 0 Å². The maximum absolute atomic E-state index is 12.6. The molecule has 1 aliphatic heterocycles. The van der Waals surface area contributed by atoms with Crippen LogP contribution in [-0.4, -0.2) is 40.5 Å². The van der Waals surface area contributed by atoms with Crippen LogP contribution in [0.3, 0.4) is 0 Å². The lowest BCUT2D eigenvalue weighted by Crippen LogP contribution is -2.32. The summed E-state index contributed by atoms with van der Waals surface area (Å²) in [6.07, 6.45) is 0. The van der Waals surface area contributed by atoms with Crippen molar-refractivity contribution in [1.29, 1.82) is 0 Å². The summed E-state index contributed by atoms with van der Waals surface area (Å²) in [5.74, 6) is 0.380. The van der Waals surface area contributed by atoms with Gasteiger partial charge < -0.3 is 15.0 Å². The molecule has 0 bridgehead atoms. The molecular formula is C18H18N4O4S. The van der Waals surface area contributed by atoms with Gasteiger partial charge >= 0.3 is 10.2 Å². The molecule has 0 saturated carbocycles. The van der Waals surface area contributed by atoms with Gasteiger partial charge in [0.05, 0.1) is 18.5 Å². The molecule has 0 unspecified atom stereocenters. The number of amides is 1. The highest BCUT2D eigenvalue weighted by Crippen LogP contribution is 2.40. The zero-order chi connectivity index (χ0) is 19.3. The number of H-pyrrole nitrogens is 1. The monoisotopic (exact) mass is 386 g/mol. The summed E-state index contributed by atoms with van der Waals surface area (Å²) < 4.78 is 32.0. The molecule has 3 aromatic rings. The smallest absolute Gasteiger partial charge is 0.326 e. The normalized spacial score (nSPS) is 15.1. The van der Waals surface area contributed by atoms with Crippen molar-refractivity contribution in [3.63, 3.8) is 0 Å². The van der Waals surface area contributed by atoms with Crippen molar-refractivity contribution < 1.29 is 17.9 Å². The minimum absolute atomic E-state index is 0.318. The lowest BCUT2D eigenvalue weighted by Gasteiger charge is -2.13. The molecule has 1 aliphatic rings. The molecular weight excluding hydrogens is 368 g/mol. The van der Waals surface area contributed by atoms with Gasteiger partial charge in [0, 0.05) is 36.8 Å². The highest BCUT2D eigenvalue weighted by atomic mass is 32.2. The Balaban J connectivity index is 1.62. The zero-order valence-electron chi connectivity index (χ0n) is 15.0. The number of ether oxygens (including phenoxy) is 1. The van der Waals surface area contributed by atoms with E-state index < -0.39 is 10.2 Å². The van der Waals surface area contributed by atoms with E-state index in [2.05, 4.69) is 10.3 Å². The fourth-order valence-corrected chi connectivity index (χ4v) is 4.27. The minimum Gasteiger partial charge on any atom is -0.497 e. The fraction of sp³-hybridized carbons (Fsp3) is 0.167. The van der Waals surface area contributed by atoms with Crippen molar-refractivity contribution >= 4 is 44.1 Å². The summed E-state index contributed by atoms with van der Waals surface area (Å²) >= 11 is 0. The third-order valence-corrected chi connectivity index (χ3v) is 6.46. The average Bonchev–Trinajstić information content (AvgIpc) is 3.15. The Labute approximate surface area is 156 Å². The average molecular weight is 386 g/mol. The van der Waals surface area contributed by atoms with Gasteiger partial charge in [-0.2, -0.15) is 8.42 Å². The summed E-state index contributed by atoms with van der Waals surface area (Å²) in [5.41, 5.74) is 2.77. The minimum atomic E-state index is -3.55. The summed E-state index contributed by atoms with van der Waals surface area (Å²) in [5, 5.41) is 3.69. The van der Waals surface area contributed by atoms with Gasteiger partial charge in [-0.05, 0) is 36.4 Å². The van der Waals surface area contributed by atoms with Crippen LogP contribution in [0.15, 0.2) is 42.5 Å². The van der Waals surface area contributed by atoms with Crippen molar-refractivity contribution in [2.24, 2.45) is 0 Å². The van der Waals surface area contributed by atoms with Gasteiger partial charge in [-0.1, -0.05) is 0 Å². The van der Waals surface area contributed by atoms with E-state index >= 15 is 0 Å². The Hall–Kier alpha value is -3.20. The molecule has 2 N–H and O–H groups in total. The molecule has 1 amide bonds. The number of hydrogen-bond donors (Lipinski definition) is 2. The van der Waals surface area contributed by atoms with Crippen LogP contribution in [0.2, 0.25) is 0 Å². The first-order chi connectivity index (χ1) is 12.8. The number of aromatic nitrogens is 1. The van der Waals surface area contributed by atoms with E-state index in [0.717, 1.165) is 10.9 Å². The standard InChI is InChI=1S/C18H18N4O4S/c1-21-16-7-5-12(9-17(16)22(2)27(21,24)25)19-18(23)15-8-11-4-6-13(26-3)10-14(11)20-15/h4-10,20H,1-3H3,(H,19,23). The number of benzene rings is 2. The summed E-state index contributed by atoms with van der Waals surface area (Å²) in [6, 6.07) is 12.2. The molecule has 0 aliphatic carbocycles. The van der Waals surface area contributed by atoms with Gasteiger partial charge in [0.25, 0.3) is 5.91 Å². The number of aromatic amines is 1. The molecule has 0 spiro atoms. The van der Waals surface area contributed by atoms with Crippen molar-refractivity contribution in [3.8, 4) is 5.75 Å². The van der Waals surface area contributed by atoms with Crippen LogP contribution in [-0.2, 0) is 10.2 Å². The maximum Gasteiger partial charge on any atom is 0.326 e. The van der Waals surface area contributed by atoms with Crippen LogP contribution in [0.1, 0.15) is 10.5 Å². The SMILES string of the molecule is COc1ccc2cc(C(=O)Nc3ccc4c(c3)N(C)S(=O)(=O)N4C)[nH]c2c1. The lowest BCUT2D eigenvalue weighted by atomic mass is 10.2. The number of rotatable bonds is 3. The largest absolute Gasteiger partial charge is 0.497 e. The zero-order valence-corrected chi connectivity index (χ0v) is 15.8. The molecule has 9 heteroatoms. The fourth-order valence-electron chi connectivity index (χ4n) is 3.11. The first-order valence-corrected chi connectivity index (χ1v) is 9.56. The van der Waals surface area contributed by atoms with Gasteiger partial charge in [0.2, 0.25) is 0 Å². The molecule has 140 valence electrons. The molecule has 0 fully saturated rings. The Kier molecular flexibility index (Phi) is 3.77. The van der Waals surface area contributed by atoms with Crippen molar-refractivity contribution in [3.05, 3.63) is 48.2 Å². The first-order valence-electron chi connectivity index (χ1n) is 8.16. The Morgan fingerprint density at radius 2 is 1.78 bits per heavy atom. The van der Waals surface area contributed by atoms with E-state index in [1.807, 2.05) is 18.2 Å². The third kappa shape index (κ3) is 2.67. The lowest BCUT2D eigenvalue weighted by molar-refractivity contribution is 0.102. The second-order valence-corrected chi connectivity index (χ2v) is 8.23. The molecule has 4 rings (SSSR count). The molecule has 0 radical (unpaired) electrons. The molecule has 0 saturated heterocycles. The van der Waals surface area contributed by atoms with Crippen molar-refractivity contribution in [2.45, 2.75) is 0 Å². The Bertz CT molecular complexity index is 1170. The predicted octanol–water partition coefficient (Wildman–Crippen LogP) is 2.56. The second-order valence-electron chi connectivity index (χ2n) is 6.24. The summed E-state index contributed by atoms with van der Waals surface area (Å²) in [7, 11) is 1.01. The highest BCUT2D eigenvalue weighted by molar-refractivity contribution is 7.94. The Morgan fingerprint density at radius 1 is 1.04 bits per heavy atom. The van der Waals surface area contributed by atoms with E-state index in [1.165, 1.54) is 22.7 Å². The Morgan fingerprint density at radius 3 is 2.52 bits per heavy atom. The molecule has 1 aromatic heterocycles. The van der Waals surface area contributed by atoms with Gasteiger partial charge in [0.15, 0.2) is 0 Å². The molecule has 2 aromatic carbocycles. The number of hydrogen-bond acceptors (Lipinski definition) is 4. The van der Waals surface area contributed by atoms with E-state index in [-0.39, 0.29) is 5.91 Å². The number of nitrogens with one attached hydrogen (secondary N) is 2. The number of carbonyl (C=O) groups is 1. The van der Waals surface area contributed by atoms with Gasteiger partial charge in [-0.3, -0.25) is 13.4 Å². The molecule has 0 atom stereocenters. The van der Waals surface area contributed by atoms with Crippen LogP contribution in [0.25, 0.3) is 10.9 Å². The number of methoxy groups -OCH3 is 1. The van der Waals surface area contributed by atoms with Crippen LogP contribution in [0.4, 0.5) is 17.1 Å². The van der Waals surface area contributed by atoms with E-state index in [1.54, 1.807) is 31.4 Å². The van der Waals surface area contributed by atoms with Crippen molar-refractivity contribution in [1.82, 2.24) is 4.98 Å². The van der Waals surface area contributed by atoms with Crippen LogP contribution < -0.4 is 18.7 Å². The van der Waals surface area contributed by atoms with E-state index in [0.29, 0.717) is 28.5 Å². The van der Waals surface area contributed by atoms with Crippen LogP contribution in [0.5, 0.6) is 5.75 Å². The summed E-state index contributed by atoms with van der Waals surface area (Å²) in [6.45, 7) is 0. The van der Waals surface area contributed by atoms with E-state index in [9.17, 15) is 13.2 Å². The highest BCUT2D eigenvalue weighted by Gasteiger charge is 2.35. The predicted molar refractivity (Wildman–Crippen MR) is 105 cm³/mol. The maximum atomic E-state index is 12.6. The second kappa shape index (κ2) is 5.92. The number of fused-ring (bicyclic) bond motifs is 2.